The summed E-state index contributed by atoms with van der Waals surface area (Å²) >= 11 is 0. The van der Waals surface area contributed by atoms with Gasteiger partial charge in [0.1, 0.15) is 0 Å². The lowest BCUT2D eigenvalue weighted by Gasteiger charge is -2.14. The number of amides is 2. The van der Waals surface area contributed by atoms with Gasteiger partial charge < -0.3 is 5.73 Å². The van der Waals surface area contributed by atoms with Crippen molar-refractivity contribution in [1.82, 2.24) is 4.90 Å². The third-order valence-electron chi connectivity index (χ3n) is 2.72. The molecule has 1 aromatic carbocycles. The third-order valence-corrected chi connectivity index (χ3v) is 2.72. The van der Waals surface area contributed by atoms with Gasteiger partial charge in [0.05, 0.1) is 5.92 Å². The highest BCUT2D eigenvalue weighted by Gasteiger charge is 2.19. The van der Waals surface area contributed by atoms with E-state index in [4.69, 9.17) is 11.0 Å². The molecular weight excluding hydrogens is 230 g/mol. The van der Waals surface area contributed by atoms with Crippen LogP contribution < -0.4 is 5.73 Å². The molecule has 1 aromatic rings. The summed E-state index contributed by atoms with van der Waals surface area (Å²) < 4.78 is 0. The lowest BCUT2D eigenvalue weighted by atomic mass is 9.93. The first-order valence-electron chi connectivity index (χ1n) is 5.56. The van der Waals surface area contributed by atoms with Crippen molar-refractivity contribution in [3.8, 4) is 6.19 Å². The maximum Gasteiger partial charge on any atom is 0.235 e. The van der Waals surface area contributed by atoms with Crippen LogP contribution in [-0.4, -0.2) is 23.8 Å². The molecule has 0 saturated carbocycles. The van der Waals surface area contributed by atoms with Crippen molar-refractivity contribution >= 4 is 11.8 Å². The summed E-state index contributed by atoms with van der Waals surface area (Å²) in [5.74, 6) is -1.28. The molecule has 5 nitrogen and oxygen atoms in total. The molecule has 0 heterocycles. The minimum atomic E-state index is -0.498. The molecular formula is C13H15N3O2. The van der Waals surface area contributed by atoms with Gasteiger partial charge in [-0.05, 0) is 12.0 Å². The van der Waals surface area contributed by atoms with Gasteiger partial charge in [-0.2, -0.15) is 5.26 Å². The van der Waals surface area contributed by atoms with E-state index in [2.05, 4.69) is 0 Å². The summed E-state index contributed by atoms with van der Waals surface area (Å²) in [4.78, 5) is 23.8. The van der Waals surface area contributed by atoms with E-state index in [-0.39, 0.29) is 12.3 Å². The molecule has 94 valence electrons. The van der Waals surface area contributed by atoms with Crippen LogP contribution in [-0.2, 0) is 9.59 Å². The summed E-state index contributed by atoms with van der Waals surface area (Å²) in [6.45, 7) is 0. The number of carbonyl (C=O) groups is 2. The lowest BCUT2D eigenvalue weighted by Crippen LogP contribution is -2.25. The Morgan fingerprint density at radius 3 is 2.50 bits per heavy atom. The Morgan fingerprint density at radius 1 is 1.39 bits per heavy atom. The van der Waals surface area contributed by atoms with Gasteiger partial charge in [0, 0.05) is 13.5 Å². The van der Waals surface area contributed by atoms with Crippen molar-refractivity contribution in [3.05, 3.63) is 35.9 Å². The number of nitriles is 1. The molecule has 1 rings (SSSR count). The van der Waals surface area contributed by atoms with Crippen LogP contribution in [0.15, 0.2) is 30.3 Å². The number of hydrogen-bond donors (Lipinski definition) is 1. The van der Waals surface area contributed by atoms with Crippen LogP contribution in [0.3, 0.4) is 0 Å². The number of primary amides is 1. The molecule has 0 bridgehead atoms. The average Bonchev–Trinajstić information content (AvgIpc) is 2.38. The average molecular weight is 245 g/mol. The predicted octanol–water partition coefficient (Wildman–Crippen LogP) is 0.975. The monoisotopic (exact) mass is 245 g/mol. The van der Waals surface area contributed by atoms with Gasteiger partial charge in [0.2, 0.25) is 11.8 Å². The van der Waals surface area contributed by atoms with Crippen LogP contribution in [0.1, 0.15) is 24.3 Å². The minimum absolute atomic E-state index is 0.118. The second-order valence-corrected chi connectivity index (χ2v) is 3.96. The van der Waals surface area contributed by atoms with Crippen molar-refractivity contribution in [3.63, 3.8) is 0 Å². The van der Waals surface area contributed by atoms with Crippen molar-refractivity contribution in [2.75, 3.05) is 7.05 Å². The van der Waals surface area contributed by atoms with Gasteiger partial charge in [0.15, 0.2) is 6.19 Å². The number of nitrogens with zero attached hydrogens (tertiary/aromatic N) is 2. The SMILES string of the molecule is CN(C#N)C(=O)CC[C@@H](C(N)=O)c1ccccc1. The first-order valence-corrected chi connectivity index (χ1v) is 5.56. The fourth-order valence-corrected chi connectivity index (χ4v) is 1.65. The van der Waals surface area contributed by atoms with E-state index >= 15 is 0 Å². The second kappa shape index (κ2) is 6.40. The molecule has 0 aromatic heterocycles. The standard InChI is InChI=1S/C13H15N3O2/c1-16(9-14)12(17)8-7-11(13(15)18)10-5-3-2-4-6-10/h2-6,11H,7-8H2,1H3,(H2,15,18)/t11-/m1/s1. The first-order chi connectivity index (χ1) is 8.56. The Balaban J connectivity index is 2.70. The lowest BCUT2D eigenvalue weighted by molar-refractivity contribution is -0.127. The quantitative estimate of drug-likeness (QED) is 0.619. The van der Waals surface area contributed by atoms with E-state index in [0.717, 1.165) is 10.5 Å². The highest BCUT2D eigenvalue weighted by atomic mass is 16.2. The molecule has 18 heavy (non-hydrogen) atoms. The smallest absolute Gasteiger partial charge is 0.235 e. The molecule has 0 aliphatic carbocycles. The van der Waals surface area contributed by atoms with Gasteiger partial charge in [-0.25, -0.2) is 0 Å². The molecule has 0 radical (unpaired) electrons. The van der Waals surface area contributed by atoms with Crippen LogP contribution in [0.4, 0.5) is 0 Å². The molecule has 0 spiro atoms. The van der Waals surface area contributed by atoms with Crippen molar-refractivity contribution in [2.45, 2.75) is 18.8 Å². The molecule has 0 unspecified atom stereocenters. The Labute approximate surface area is 106 Å². The fraction of sp³-hybridized carbons (Fsp3) is 0.308. The Kier molecular flexibility index (Phi) is 4.88. The van der Waals surface area contributed by atoms with E-state index < -0.39 is 11.8 Å². The number of hydrogen-bond acceptors (Lipinski definition) is 3. The van der Waals surface area contributed by atoms with E-state index in [1.165, 1.54) is 7.05 Å². The highest BCUT2D eigenvalue weighted by molar-refractivity contribution is 5.83. The maximum atomic E-state index is 11.5. The molecule has 1 atom stereocenters. The summed E-state index contributed by atoms with van der Waals surface area (Å²) in [5, 5.41) is 8.56. The van der Waals surface area contributed by atoms with Crippen LogP contribution in [0.2, 0.25) is 0 Å². The second-order valence-electron chi connectivity index (χ2n) is 3.96. The largest absolute Gasteiger partial charge is 0.369 e. The molecule has 2 N–H and O–H groups in total. The molecule has 0 aliphatic heterocycles. The fourth-order valence-electron chi connectivity index (χ4n) is 1.65. The zero-order chi connectivity index (χ0) is 13.5. The zero-order valence-electron chi connectivity index (χ0n) is 10.2. The van der Waals surface area contributed by atoms with Crippen LogP contribution in [0.25, 0.3) is 0 Å². The molecule has 0 aliphatic rings. The number of rotatable bonds is 5. The predicted molar refractivity (Wildman–Crippen MR) is 66.0 cm³/mol. The Bertz CT molecular complexity index is 465. The van der Waals surface area contributed by atoms with Crippen molar-refractivity contribution in [2.24, 2.45) is 5.73 Å². The van der Waals surface area contributed by atoms with Gasteiger partial charge in [-0.15, -0.1) is 0 Å². The molecule has 0 saturated heterocycles. The number of nitrogens with two attached hydrogens (primary N) is 1. The van der Waals surface area contributed by atoms with Gasteiger partial charge in [-0.1, -0.05) is 30.3 Å². The minimum Gasteiger partial charge on any atom is -0.369 e. The van der Waals surface area contributed by atoms with Gasteiger partial charge in [0.25, 0.3) is 0 Å². The van der Waals surface area contributed by atoms with Crippen LogP contribution in [0.5, 0.6) is 0 Å². The summed E-state index contributed by atoms with van der Waals surface area (Å²) in [6.07, 6.45) is 2.15. The molecule has 5 heteroatoms. The number of carbonyl (C=O) groups excluding carboxylic acids is 2. The number of benzene rings is 1. The Morgan fingerprint density at radius 2 is 2.00 bits per heavy atom. The third kappa shape index (κ3) is 3.59. The Hall–Kier alpha value is -2.35. The summed E-state index contributed by atoms with van der Waals surface area (Å²) in [6, 6.07) is 9.07. The zero-order valence-corrected chi connectivity index (χ0v) is 10.2. The van der Waals surface area contributed by atoms with Gasteiger partial charge >= 0.3 is 0 Å². The van der Waals surface area contributed by atoms with Crippen LogP contribution >= 0.6 is 0 Å². The van der Waals surface area contributed by atoms with E-state index in [0.29, 0.717) is 6.42 Å². The normalized spacial score (nSPS) is 11.3. The highest BCUT2D eigenvalue weighted by Crippen LogP contribution is 2.21. The topological polar surface area (TPSA) is 87.2 Å². The van der Waals surface area contributed by atoms with Gasteiger partial charge in [-0.3, -0.25) is 14.5 Å². The molecule has 2 amide bonds. The maximum absolute atomic E-state index is 11.5. The van der Waals surface area contributed by atoms with E-state index in [9.17, 15) is 9.59 Å². The first kappa shape index (κ1) is 13.7. The van der Waals surface area contributed by atoms with E-state index in [1.807, 2.05) is 18.2 Å². The van der Waals surface area contributed by atoms with Crippen molar-refractivity contribution in [1.29, 1.82) is 5.26 Å². The summed E-state index contributed by atoms with van der Waals surface area (Å²) in [7, 11) is 1.39. The van der Waals surface area contributed by atoms with Crippen LogP contribution in [0, 0.1) is 11.5 Å². The molecule has 0 fully saturated rings. The summed E-state index contributed by atoms with van der Waals surface area (Å²) in [5.41, 5.74) is 6.12. The van der Waals surface area contributed by atoms with E-state index in [1.54, 1.807) is 18.3 Å². The van der Waals surface area contributed by atoms with Crippen molar-refractivity contribution < 1.29 is 9.59 Å².